The van der Waals surface area contributed by atoms with Crippen molar-refractivity contribution in [3.05, 3.63) is 54.6 Å². The molecule has 0 unspecified atom stereocenters. The van der Waals surface area contributed by atoms with E-state index in [0.29, 0.717) is 0 Å². The average molecular weight is 346 g/mol. The average Bonchev–Trinajstić information content (AvgIpc) is 2.30. The molecule has 0 saturated heterocycles. The largest absolute Gasteiger partial charge is 0.450 e. The molecule has 15 heavy (non-hydrogen) atoms. The van der Waals surface area contributed by atoms with Gasteiger partial charge in [-0.25, -0.2) is 0 Å². The van der Waals surface area contributed by atoms with Crippen molar-refractivity contribution in [2.75, 3.05) is 0 Å². The van der Waals surface area contributed by atoms with Gasteiger partial charge in [0.25, 0.3) is 0 Å². The molecule has 0 bridgehead atoms. The van der Waals surface area contributed by atoms with Crippen molar-refractivity contribution >= 4 is 12.9 Å². The Labute approximate surface area is 120 Å². The van der Waals surface area contributed by atoms with E-state index in [-0.39, 0.29) is 37.7 Å². The van der Waals surface area contributed by atoms with E-state index in [1.165, 1.54) is 0 Å². The van der Waals surface area contributed by atoms with Gasteiger partial charge in [0.2, 0.25) is 0 Å². The molecule has 0 aliphatic rings. The van der Waals surface area contributed by atoms with Crippen LogP contribution in [-0.4, -0.2) is 12.5 Å². The zero-order valence-electron chi connectivity index (χ0n) is 8.02. The molecule has 0 aliphatic carbocycles. The van der Waals surface area contributed by atoms with Crippen LogP contribution in [0.2, 0.25) is 0 Å². The van der Waals surface area contributed by atoms with E-state index in [9.17, 15) is 0 Å². The van der Waals surface area contributed by atoms with Crippen LogP contribution in [0.1, 0.15) is 0 Å². The monoisotopic (exact) mass is 346 g/mol. The van der Waals surface area contributed by atoms with Crippen LogP contribution in [0.3, 0.4) is 0 Å². The maximum atomic E-state index is 8.88. The SMILES string of the molecule is O[B]c1cccc(-c2ccccc2)c1.[Ho]. The standard InChI is InChI=1S/C12H10BO.Ho/c14-13-12-8-4-7-11(9-12)10-5-2-1-3-6-10;/h1-9,14H;. The normalized spacial score (nSPS) is 9.13. The molecule has 2 aromatic carbocycles. The van der Waals surface area contributed by atoms with Crippen molar-refractivity contribution in [2.45, 2.75) is 0 Å². The van der Waals surface area contributed by atoms with Crippen LogP contribution in [0.25, 0.3) is 11.1 Å². The van der Waals surface area contributed by atoms with Crippen LogP contribution in [0.5, 0.6) is 0 Å². The fraction of sp³-hybridized carbons (Fsp3) is 0. The first kappa shape index (κ1) is 12.8. The summed E-state index contributed by atoms with van der Waals surface area (Å²) in [7, 11) is 1.12. The van der Waals surface area contributed by atoms with Gasteiger partial charge in [-0.1, -0.05) is 60.1 Å². The third-order valence-electron chi connectivity index (χ3n) is 2.14. The van der Waals surface area contributed by atoms with Crippen LogP contribution < -0.4 is 5.46 Å². The van der Waals surface area contributed by atoms with Gasteiger partial charge in [-0.3, -0.25) is 0 Å². The van der Waals surface area contributed by atoms with Crippen LogP contribution in [0.4, 0.5) is 0 Å². The van der Waals surface area contributed by atoms with E-state index >= 15 is 0 Å². The predicted octanol–water partition coefficient (Wildman–Crippen LogP) is 1.59. The van der Waals surface area contributed by atoms with Gasteiger partial charge >= 0.3 is 7.48 Å². The molecule has 0 amide bonds. The number of hydrogen-bond acceptors (Lipinski definition) is 1. The minimum Gasteiger partial charge on any atom is -0.450 e. The van der Waals surface area contributed by atoms with E-state index in [1.807, 2.05) is 42.5 Å². The third-order valence-corrected chi connectivity index (χ3v) is 2.14. The summed E-state index contributed by atoms with van der Waals surface area (Å²) in [5.74, 6) is 0. The Morgan fingerprint density at radius 2 is 1.47 bits per heavy atom. The maximum absolute atomic E-state index is 8.88. The first-order chi connectivity index (χ1) is 6.90. The molecule has 0 heterocycles. The molecule has 0 saturated carbocycles. The molecule has 0 aliphatic heterocycles. The summed E-state index contributed by atoms with van der Waals surface area (Å²) in [6, 6.07) is 17.9. The van der Waals surface area contributed by atoms with Gasteiger partial charge in [0, 0.05) is 37.7 Å². The Morgan fingerprint density at radius 3 is 2.13 bits per heavy atom. The molecule has 1 nitrogen and oxygen atoms in total. The molecule has 2 radical (unpaired) electrons. The number of hydrogen-bond donors (Lipinski definition) is 1. The van der Waals surface area contributed by atoms with Gasteiger partial charge in [-0.15, -0.1) is 0 Å². The summed E-state index contributed by atoms with van der Waals surface area (Å²) >= 11 is 0. The molecule has 2 rings (SSSR count). The van der Waals surface area contributed by atoms with Crippen LogP contribution >= 0.6 is 0 Å². The molecule has 0 spiro atoms. The molecule has 2 aromatic rings. The smallest absolute Gasteiger partial charge is 0.326 e. The number of rotatable bonds is 2. The predicted molar refractivity (Wildman–Crippen MR) is 59.5 cm³/mol. The van der Waals surface area contributed by atoms with Crippen LogP contribution in [-0.2, 0) is 0 Å². The quantitative estimate of drug-likeness (QED) is 0.820. The summed E-state index contributed by atoms with van der Waals surface area (Å²) in [5.41, 5.74) is 3.11. The van der Waals surface area contributed by atoms with E-state index < -0.39 is 0 Å². The van der Waals surface area contributed by atoms with Crippen molar-refractivity contribution in [1.82, 2.24) is 0 Å². The summed E-state index contributed by atoms with van der Waals surface area (Å²) < 4.78 is 0. The Kier molecular flexibility index (Phi) is 5.41. The molecular weight excluding hydrogens is 336 g/mol. The van der Waals surface area contributed by atoms with Gasteiger partial charge in [-0.05, 0) is 11.1 Å². The topological polar surface area (TPSA) is 20.2 Å². The molecule has 0 aromatic heterocycles. The first-order valence-electron chi connectivity index (χ1n) is 4.53. The van der Waals surface area contributed by atoms with Gasteiger partial charge in [0.1, 0.15) is 0 Å². The van der Waals surface area contributed by atoms with Crippen molar-refractivity contribution in [1.29, 1.82) is 0 Å². The van der Waals surface area contributed by atoms with Gasteiger partial charge in [-0.2, -0.15) is 0 Å². The fourth-order valence-electron chi connectivity index (χ4n) is 1.43. The summed E-state index contributed by atoms with van der Waals surface area (Å²) in [6.45, 7) is 0. The Hall–Kier alpha value is -0.275. The van der Waals surface area contributed by atoms with Crippen molar-refractivity contribution in [2.24, 2.45) is 0 Å². The molecule has 78 valence electrons. The fourth-order valence-corrected chi connectivity index (χ4v) is 1.43. The van der Waals surface area contributed by atoms with Gasteiger partial charge in [0.15, 0.2) is 0 Å². The first-order valence-corrected chi connectivity index (χ1v) is 4.53. The number of benzene rings is 2. The Bertz CT molecular complexity index is 417. The second-order valence-corrected chi connectivity index (χ2v) is 3.12. The molecule has 3 heteroatoms. The molecule has 0 fully saturated rings. The zero-order valence-corrected chi connectivity index (χ0v) is 9.96. The van der Waals surface area contributed by atoms with Crippen molar-refractivity contribution in [3.63, 3.8) is 0 Å². The Balaban J connectivity index is 0.00000112. The second kappa shape index (κ2) is 6.34. The minimum atomic E-state index is 0. The van der Waals surface area contributed by atoms with E-state index in [4.69, 9.17) is 5.02 Å². The van der Waals surface area contributed by atoms with Gasteiger partial charge in [0.05, 0.1) is 0 Å². The van der Waals surface area contributed by atoms with Crippen LogP contribution in [0, 0.1) is 37.7 Å². The van der Waals surface area contributed by atoms with Gasteiger partial charge < -0.3 is 5.02 Å². The van der Waals surface area contributed by atoms with E-state index in [1.54, 1.807) is 0 Å². The van der Waals surface area contributed by atoms with Crippen molar-refractivity contribution < 1.29 is 42.8 Å². The minimum absolute atomic E-state index is 0. The molecular formula is C12H10BHoO. The summed E-state index contributed by atoms with van der Waals surface area (Å²) in [4.78, 5) is 0. The molecule has 0 atom stereocenters. The van der Waals surface area contributed by atoms with Crippen LogP contribution in [0.15, 0.2) is 54.6 Å². The molecule has 1 N–H and O–H groups in total. The van der Waals surface area contributed by atoms with E-state index in [0.717, 1.165) is 24.1 Å². The second-order valence-electron chi connectivity index (χ2n) is 3.12. The zero-order chi connectivity index (χ0) is 9.80. The van der Waals surface area contributed by atoms with E-state index in [2.05, 4.69) is 12.1 Å². The maximum Gasteiger partial charge on any atom is 0.326 e. The summed E-state index contributed by atoms with van der Waals surface area (Å²) in [5, 5.41) is 8.88. The third kappa shape index (κ3) is 3.35. The Morgan fingerprint density at radius 1 is 0.800 bits per heavy atom. The summed E-state index contributed by atoms with van der Waals surface area (Å²) in [6.07, 6.45) is 0. The van der Waals surface area contributed by atoms with Crippen molar-refractivity contribution in [3.8, 4) is 11.1 Å².